The molecule has 2 aromatic rings. The minimum Gasteiger partial charge on any atom is -0.508 e. The van der Waals surface area contributed by atoms with E-state index in [1.807, 2.05) is 0 Å². The van der Waals surface area contributed by atoms with E-state index in [1.54, 1.807) is 48.5 Å². The maximum Gasteiger partial charge on any atom is 0.336 e. The molecule has 0 bridgehead atoms. The van der Waals surface area contributed by atoms with Crippen LogP contribution in [0, 0.1) is 0 Å². The molecule has 2 aromatic carbocycles. The molecule has 92 valence electrons. The van der Waals surface area contributed by atoms with Gasteiger partial charge in [0.2, 0.25) is 0 Å². The van der Waals surface area contributed by atoms with Crippen molar-refractivity contribution >= 4 is 21.9 Å². The molecule has 4 heteroatoms. The van der Waals surface area contributed by atoms with Gasteiger partial charge < -0.3 is 10.2 Å². The quantitative estimate of drug-likeness (QED) is 0.852. The summed E-state index contributed by atoms with van der Waals surface area (Å²) in [5.41, 5.74) is 1.85. The van der Waals surface area contributed by atoms with Gasteiger partial charge in [0.25, 0.3) is 0 Å². The van der Waals surface area contributed by atoms with Crippen LogP contribution in [0.4, 0.5) is 0 Å². The SMILES string of the molecule is O=C(O)c1ccccc1C(Br)c1ccc(O)cc1. The fraction of sp³-hybridized carbons (Fsp3) is 0.0714. The zero-order valence-electron chi connectivity index (χ0n) is 9.38. The Morgan fingerprint density at radius 3 is 2.28 bits per heavy atom. The molecule has 1 unspecified atom stereocenters. The average Bonchev–Trinajstić information content (AvgIpc) is 2.39. The Morgan fingerprint density at radius 2 is 1.67 bits per heavy atom. The lowest BCUT2D eigenvalue weighted by Crippen LogP contribution is -2.04. The van der Waals surface area contributed by atoms with E-state index >= 15 is 0 Å². The van der Waals surface area contributed by atoms with Gasteiger partial charge in [0, 0.05) is 0 Å². The highest BCUT2D eigenvalue weighted by atomic mass is 79.9. The second kappa shape index (κ2) is 5.23. The van der Waals surface area contributed by atoms with Gasteiger partial charge in [-0.2, -0.15) is 0 Å². The van der Waals surface area contributed by atoms with Gasteiger partial charge in [-0.1, -0.05) is 46.3 Å². The summed E-state index contributed by atoms with van der Waals surface area (Å²) < 4.78 is 0. The molecule has 18 heavy (non-hydrogen) atoms. The normalized spacial score (nSPS) is 12.1. The van der Waals surface area contributed by atoms with Crippen molar-refractivity contribution in [2.45, 2.75) is 4.83 Å². The first-order valence-electron chi connectivity index (χ1n) is 5.35. The van der Waals surface area contributed by atoms with Crippen molar-refractivity contribution in [3.63, 3.8) is 0 Å². The van der Waals surface area contributed by atoms with E-state index < -0.39 is 5.97 Å². The van der Waals surface area contributed by atoms with Crippen molar-refractivity contribution in [1.29, 1.82) is 0 Å². The Hall–Kier alpha value is -1.81. The summed E-state index contributed by atoms with van der Waals surface area (Å²) in [4.78, 5) is 10.9. The van der Waals surface area contributed by atoms with Gasteiger partial charge in [-0.05, 0) is 29.3 Å². The van der Waals surface area contributed by atoms with Gasteiger partial charge in [-0.25, -0.2) is 4.79 Å². The summed E-state index contributed by atoms with van der Waals surface area (Å²) in [6, 6.07) is 13.5. The maximum atomic E-state index is 11.2. The predicted octanol–water partition coefficient (Wildman–Crippen LogP) is 3.57. The lowest BCUT2D eigenvalue weighted by molar-refractivity contribution is 0.0696. The highest BCUT2D eigenvalue weighted by Gasteiger charge is 2.17. The molecule has 0 aromatic heterocycles. The Kier molecular flexibility index (Phi) is 3.67. The summed E-state index contributed by atoms with van der Waals surface area (Å²) in [5, 5.41) is 18.4. The van der Waals surface area contributed by atoms with Crippen LogP contribution < -0.4 is 0 Å². The van der Waals surface area contributed by atoms with Crippen LogP contribution in [-0.4, -0.2) is 16.2 Å². The molecule has 0 heterocycles. The lowest BCUT2D eigenvalue weighted by Gasteiger charge is -2.13. The van der Waals surface area contributed by atoms with Crippen LogP contribution in [-0.2, 0) is 0 Å². The van der Waals surface area contributed by atoms with Crippen molar-refractivity contribution in [1.82, 2.24) is 0 Å². The molecular weight excluding hydrogens is 296 g/mol. The number of carboxylic acids is 1. The number of halogens is 1. The number of alkyl halides is 1. The summed E-state index contributed by atoms with van der Waals surface area (Å²) in [6.45, 7) is 0. The van der Waals surface area contributed by atoms with Gasteiger partial charge in [-0.3, -0.25) is 0 Å². The van der Waals surface area contributed by atoms with Crippen molar-refractivity contribution < 1.29 is 15.0 Å². The fourth-order valence-electron chi connectivity index (χ4n) is 1.74. The number of hydrogen-bond donors (Lipinski definition) is 2. The maximum absolute atomic E-state index is 11.2. The molecule has 2 rings (SSSR count). The van der Waals surface area contributed by atoms with Gasteiger partial charge in [0.15, 0.2) is 0 Å². The van der Waals surface area contributed by atoms with Crippen molar-refractivity contribution in [3.05, 3.63) is 65.2 Å². The standard InChI is InChI=1S/C14H11BrO3/c15-13(9-5-7-10(16)8-6-9)11-3-1-2-4-12(11)14(17)18/h1-8,13,16H,(H,17,18). The first kappa shape index (κ1) is 12.6. The second-order valence-electron chi connectivity index (χ2n) is 3.85. The number of aromatic carboxylic acids is 1. The molecule has 0 radical (unpaired) electrons. The topological polar surface area (TPSA) is 57.5 Å². The van der Waals surface area contributed by atoms with E-state index in [0.29, 0.717) is 5.56 Å². The smallest absolute Gasteiger partial charge is 0.336 e. The molecule has 0 fully saturated rings. The number of aromatic hydroxyl groups is 1. The number of phenolic OH excluding ortho intramolecular Hbond substituents is 1. The molecule has 2 N–H and O–H groups in total. The third-order valence-electron chi connectivity index (χ3n) is 2.65. The summed E-state index contributed by atoms with van der Waals surface area (Å²) >= 11 is 3.49. The third-order valence-corrected chi connectivity index (χ3v) is 3.67. The molecule has 3 nitrogen and oxygen atoms in total. The monoisotopic (exact) mass is 306 g/mol. The Labute approximate surface area is 113 Å². The summed E-state index contributed by atoms with van der Waals surface area (Å²) in [7, 11) is 0. The summed E-state index contributed by atoms with van der Waals surface area (Å²) in [6.07, 6.45) is 0. The second-order valence-corrected chi connectivity index (χ2v) is 4.76. The zero-order chi connectivity index (χ0) is 13.1. The molecule has 0 amide bonds. The van der Waals surface area contributed by atoms with Gasteiger partial charge in [0.05, 0.1) is 10.4 Å². The van der Waals surface area contributed by atoms with Crippen LogP contribution >= 0.6 is 15.9 Å². The highest BCUT2D eigenvalue weighted by Crippen LogP contribution is 2.33. The number of carboxylic acid groups (broad SMARTS) is 1. The lowest BCUT2D eigenvalue weighted by atomic mass is 9.99. The molecule has 0 aliphatic carbocycles. The first-order chi connectivity index (χ1) is 8.59. The number of benzene rings is 2. The molecule has 0 spiro atoms. The molecule has 0 saturated carbocycles. The number of hydrogen-bond acceptors (Lipinski definition) is 2. The minimum atomic E-state index is -0.950. The van der Waals surface area contributed by atoms with E-state index in [-0.39, 0.29) is 16.1 Å². The van der Waals surface area contributed by atoms with Crippen LogP contribution in [0.3, 0.4) is 0 Å². The fourth-order valence-corrected chi connectivity index (χ4v) is 2.44. The van der Waals surface area contributed by atoms with Gasteiger partial charge in [-0.15, -0.1) is 0 Å². The van der Waals surface area contributed by atoms with Crippen molar-refractivity contribution in [2.24, 2.45) is 0 Å². The molecule has 1 atom stereocenters. The van der Waals surface area contributed by atoms with Crippen LogP contribution in [0.25, 0.3) is 0 Å². The van der Waals surface area contributed by atoms with Crippen molar-refractivity contribution in [3.8, 4) is 5.75 Å². The zero-order valence-corrected chi connectivity index (χ0v) is 11.0. The Bertz CT molecular complexity index is 564. The van der Waals surface area contributed by atoms with E-state index in [2.05, 4.69) is 15.9 Å². The van der Waals surface area contributed by atoms with E-state index in [1.165, 1.54) is 0 Å². The first-order valence-corrected chi connectivity index (χ1v) is 6.26. The van der Waals surface area contributed by atoms with Crippen LogP contribution in [0.15, 0.2) is 48.5 Å². The Balaban J connectivity index is 2.42. The third kappa shape index (κ3) is 2.54. The minimum absolute atomic E-state index is 0.185. The number of phenols is 1. The molecule has 0 aliphatic heterocycles. The van der Waals surface area contributed by atoms with Crippen LogP contribution in [0.1, 0.15) is 26.3 Å². The Morgan fingerprint density at radius 1 is 1.06 bits per heavy atom. The predicted molar refractivity (Wildman–Crippen MR) is 72.3 cm³/mol. The number of carbonyl (C=O) groups is 1. The summed E-state index contributed by atoms with van der Waals surface area (Å²) in [5.74, 6) is -0.765. The highest BCUT2D eigenvalue weighted by molar-refractivity contribution is 9.09. The largest absolute Gasteiger partial charge is 0.508 e. The van der Waals surface area contributed by atoms with E-state index in [9.17, 15) is 9.90 Å². The molecule has 0 aliphatic rings. The van der Waals surface area contributed by atoms with E-state index in [4.69, 9.17) is 5.11 Å². The van der Waals surface area contributed by atoms with Crippen molar-refractivity contribution in [2.75, 3.05) is 0 Å². The number of rotatable bonds is 3. The van der Waals surface area contributed by atoms with Gasteiger partial charge in [0.1, 0.15) is 5.75 Å². The van der Waals surface area contributed by atoms with Crippen LogP contribution in [0.2, 0.25) is 0 Å². The van der Waals surface area contributed by atoms with Gasteiger partial charge >= 0.3 is 5.97 Å². The van der Waals surface area contributed by atoms with E-state index in [0.717, 1.165) is 5.56 Å². The molecule has 0 saturated heterocycles. The average molecular weight is 307 g/mol. The molecular formula is C14H11BrO3. The van der Waals surface area contributed by atoms with Crippen LogP contribution in [0.5, 0.6) is 5.75 Å².